The highest BCUT2D eigenvalue weighted by Crippen LogP contribution is 2.20. The number of ketones is 1. The van der Waals surface area contributed by atoms with Crippen LogP contribution in [0.2, 0.25) is 0 Å². The number of carbonyl (C=O) groups is 2. The molecule has 0 atom stereocenters. The molecule has 1 heterocycles. The van der Waals surface area contributed by atoms with E-state index < -0.39 is 0 Å². The number of hydrogen-bond donors (Lipinski definition) is 1. The van der Waals surface area contributed by atoms with Crippen molar-refractivity contribution < 1.29 is 14.3 Å². The van der Waals surface area contributed by atoms with E-state index in [2.05, 4.69) is 10.3 Å². The number of hydrogen-bond acceptors (Lipinski definition) is 5. The third-order valence-electron chi connectivity index (χ3n) is 2.73. The van der Waals surface area contributed by atoms with E-state index in [0.29, 0.717) is 17.4 Å². The van der Waals surface area contributed by atoms with Gasteiger partial charge in [-0.05, 0) is 19.1 Å². The summed E-state index contributed by atoms with van der Waals surface area (Å²) in [6.45, 7) is 3.90. The molecule has 2 aromatic rings. The zero-order chi connectivity index (χ0) is 15.9. The molecule has 0 radical (unpaired) electrons. The summed E-state index contributed by atoms with van der Waals surface area (Å²) in [5, 5.41) is 4.65. The molecule has 0 saturated carbocycles. The fourth-order valence-electron chi connectivity index (χ4n) is 1.71. The van der Waals surface area contributed by atoms with E-state index in [1.165, 1.54) is 24.3 Å². The van der Waals surface area contributed by atoms with Crippen LogP contribution >= 0.6 is 11.3 Å². The number of Topliss-reactive ketones (excluding diaryl/α,β-unsaturated/α-hetero) is 1. The first-order chi connectivity index (χ1) is 10.6. The lowest BCUT2D eigenvalue weighted by Crippen LogP contribution is -2.07. The first-order valence-corrected chi connectivity index (χ1v) is 7.65. The average molecular weight is 316 g/mol. The minimum absolute atomic E-state index is 0.127. The van der Waals surface area contributed by atoms with Crippen molar-refractivity contribution in [3.63, 3.8) is 0 Å². The quantitative estimate of drug-likeness (QED) is 0.655. The Kier molecular flexibility index (Phi) is 5.43. The summed E-state index contributed by atoms with van der Waals surface area (Å²) in [4.78, 5) is 27.1. The third kappa shape index (κ3) is 4.26. The Morgan fingerprint density at radius 1 is 1.36 bits per heavy atom. The number of nitrogens with one attached hydrogen (secondary N) is 1. The zero-order valence-corrected chi connectivity index (χ0v) is 13.1. The van der Waals surface area contributed by atoms with Crippen LogP contribution in [0.5, 0.6) is 5.75 Å². The van der Waals surface area contributed by atoms with Crippen molar-refractivity contribution in [1.82, 2.24) is 4.98 Å². The molecule has 1 aromatic carbocycles. The van der Waals surface area contributed by atoms with E-state index in [-0.39, 0.29) is 11.7 Å². The summed E-state index contributed by atoms with van der Waals surface area (Å²) in [7, 11) is 0. The molecule has 0 aliphatic heterocycles. The van der Waals surface area contributed by atoms with Crippen LogP contribution in [0.4, 0.5) is 5.13 Å². The molecule has 1 aromatic heterocycles. The van der Waals surface area contributed by atoms with Crippen molar-refractivity contribution in [1.29, 1.82) is 0 Å². The van der Waals surface area contributed by atoms with Gasteiger partial charge in [-0.1, -0.05) is 18.2 Å². The second-order valence-corrected chi connectivity index (χ2v) is 5.25. The maximum absolute atomic E-state index is 11.9. The molecule has 0 aliphatic rings. The van der Waals surface area contributed by atoms with Crippen LogP contribution in [0.1, 0.15) is 29.9 Å². The van der Waals surface area contributed by atoms with Gasteiger partial charge in [0.05, 0.1) is 6.61 Å². The van der Waals surface area contributed by atoms with Gasteiger partial charge in [0.1, 0.15) is 11.4 Å². The highest BCUT2D eigenvalue weighted by molar-refractivity contribution is 7.14. The van der Waals surface area contributed by atoms with E-state index in [0.717, 1.165) is 11.3 Å². The van der Waals surface area contributed by atoms with Crippen LogP contribution < -0.4 is 10.1 Å². The van der Waals surface area contributed by atoms with Crippen LogP contribution in [0, 0.1) is 0 Å². The minimum atomic E-state index is -0.309. The summed E-state index contributed by atoms with van der Waals surface area (Å²) in [6, 6.07) is 7.47. The monoisotopic (exact) mass is 316 g/mol. The Bertz CT molecular complexity index is 707. The van der Waals surface area contributed by atoms with Gasteiger partial charge < -0.3 is 4.74 Å². The van der Waals surface area contributed by atoms with E-state index >= 15 is 0 Å². The van der Waals surface area contributed by atoms with Crippen molar-refractivity contribution in [2.75, 3.05) is 11.9 Å². The summed E-state index contributed by atoms with van der Waals surface area (Å²) < 4.78 is 5.49. The molecule has 0 bridgehead atoms. The van der Waals surface area contributed by atoms with Crippen molar-refractivity contribution in [3.05, 3.63) is 47.0 Å². The highest BCUT2D eigenvalue weighted by Gasteiger charge is 2.07. The fourth-order valence-corrected chi connectivity index (χ4v) is 2.46. The highest BCUT2D eigenvalue weighted by atomic mass is 32.1. The lowest BCUT2D eigenvalue weighted by molar-refractivity contribution is -0.111. The van der Waals surface area contributed by atoms with Crippen molar-refractivity contribution in [2.45, 2.75) is 13.8 Å². The largest absolute Gasteiger partial charge is 0.493 e. The number of aromatic nitrogens is 1. The fraction of sp³-hybridized carbons (Fsp3) is 0.188. The summed E-state index contributed by atoms with van der Waals surface area (Å²) in [6.07, 6.45) is 3.09. The second-order valence-electron chi connectivity index (χ2n) is 4.39. The molecule has 114 valence electrons. The van der Waals surface area contributed by atoms with Crippen LogP contribution in [0.3, 0.4) is 0 Å². The van der Waals surface area contributed by atoms with Gasteiger partial charge in [-0.2, -0.15) is 0 Å². The third-order valence-corrected chi connectivity index (χ3v) is 3.49. The maximum atomic E-state index is 11.9. The molecule has 1 N–H and O–H groups in total. The number of nitrogens with zero attached hydrogens (tertiary/aromatic N) is 1. The predicted molar refractivity (Wildman–Crippen MR) is 87.4 cm³/mol. The molecular weight excluding hydrogens is 300 g/mol. The molecule has 5 nitrogen and oxygen atoms in total. The number of para-hydroxylation sites is 1. The van der Waals surface area contributed by atoms with Crippen molar-refractivity contribution >= 4 is 34.2 Å². The van der Waals surface area contributed by atoms with Gasteiger partial charge >= 0.3 is 0 Å². The van der Waals surface area contributed by atoms with Gasteiger partial charge in [0.15, 0.2) is 10.9 Å². The molecule has 0 saturated heterocycles. The van der Waals surface area contributed by atoms with E-state index in [1.807, 2.05) is 31.2 Å². The SMILES string of the molecule is CCOc1ccccc1/C=C/C(=O)Nc1nc(C(C)=O)cs1. The average Bonchev–Trinajstić information content (AvgIpc) is 2.95. The first kappa shape index (κ1) is 15.9. The number of ether oxygens (including phenoxy) is 1. The number of benzene rings is 1. The minimum Gasteiger partial charge on any atom is -0.493 e. The summed E-state index contributed by atoms with van der Waals surface area (Å²) in [5.74, 6) is 0.288. The first-order valence-electron chi connectivity index (χ1n) is 6.77. The molecule has 6 heteroatoms. The van der Waals surface area contributed by atoms with Crippen LogP contribution in [-0.2, 0) is 4.79 Å². The molecule has 2 rings (SSSR count). The van der Waals surface area contributed by atoms with Crippen LogP contribution in [-0.4, -0.2) is 23.3 Å². The molecule has 0 spiro atoms. The summed E-state index contributed by atoms with van der Waals surface area (Å²) in [5.41, 5.74) is 1.18. The van der Waals surface area contributed by atoms with Gasteiger partial charge in [-0.15, -0.1) is 11.3 Å². The smallest absolute Gasteiger partial charge is 0.250 e. The Morgan fingerprint density at radius 2 is 2.14 bits per heavy atom. The number of amides is 1. The number of carbonyl (C=O) groups excluding carboxylic acids is 2. The van der Waals surface area contributed by atoms with E-state index in [1.54, 1.807) is 11.5 Å². The van der Waals surface area contributed by atoms with Crippen LogP contribution in [0.25, 0.3) is 6.08 Å². The molecule has 0 aliphatic carbocycles. The van der Waals surface area contributed by atoms with Crippen LogP contribution in [0.15, 0.2) is 35.7 Å². The molecule has 1 amide bonds. The Labute approximate surface area is 132 Å². The molecule has 0 unspecified atom stereocenters. The topological polar surface area (TPSA) is 68.3 Å². The number of anilines is 1. The molecule has 22 heavy (non-hydrogen) atoms. The van der Waals surface area contributed by atoms with Crippen molar-refractivity contribution in [2.24, 2.45) is 0 Å². The Morgan fingerprint density at radius 3 is 2.82 bits per heavy atom. The van der Waals surface area contributed by atoms with Gasteiger partial charge in [0.25, 0.3) is 0 Å². The number of thiazole rings is 1. The predicted octanol–water partition coefficient (Wildman–Crippen LogP) is 3.40. The second kappa shape index (κ2) is 7.51. The van der Waals surface area contributed by atoms with Gasteiger partial charge in [-0.3, -0.25) is 14.9 Å². The maximum Gasteiger partial charge on any atom is 0.250 e. The van der Waals surface area contributed by atoms with E-state index in [4.69, 9.17) is 4.74 Å². The Balaban J connectivity index is 2.03. The zero-order valence-electron chi connectivity index (χ0n) is 12.3. The van der Waals surface area contributed by atoms with Gasteiger partial charge in [0.2, 0.25) is 5.91 Å². The lowest BCUT2D eigenvalue weighted by atomic mass is 10.2. The molecule has 0 fully saturated rings. The summed E-state index contributed by atoms with van der Waals surface area (Å²) >= 11 is 1.22. The Hall–Kier alpha value is -2.47. The van der Waals surface area contributed by atoms with Gasteiger partial charge in [-0.25, -0.2) is 4.98 Å². The van der Waals surface area contributed by atoms with E-state index in [9.17, 15) is 9.59 Å². The van der Waals surface area contributed by atoms with Crippen molar-refractivity contribution in [3.8, 4) is 5.75 Å². The molecular formula is C16H16N2O3S. The lowest BCUT2D eigenvalue weighted by Gasteiger charge is -2.06. The standard InChI is InChI=1S/C16H16N2O3S/c1-3-21-14-7-5-4-6-12(14)8-9-15(20)18-16-17-13(10-22-16)11(2)19/h4-10H,3H2,1-2H3,(H,17,18,20)/b9-8+. The van der Waals surface area contributed by atoms with Gasteiger partial charge in [0, 0.05) is 23.9 Å². The normalized spacial score (nSPS) is 10.6. The number of rotatable bonds is 6.